The number of hydrogen-bond acceptors (Lipinski definition) is 2. The van der Waals surface area contributed by atoms with E-state index in [1.54, 1.807) is 0 Å². The maximum atomic E-state index is 3.82. The lowest BCUT2D eigenvalue weighted by atomic mass is 9.84. The van der Waals surface area contributed by atoms with Crippen molar-refractivity contribution >= 4 is 0 Å². The zero-order valence-electron chi connectivity index (χ0n) is 14.0. The van der Waals surface area contributed by atoms with Gasteiger partial charge in [0.2, 0.25) is 0 Å². The first-order valence-electron chi connectivity index (χ1n) is 9.18. The number of hydrogen-bond donors (Lipinski definition) is 1. The van der Waals surface area contributed by atoms with Crippen molar-refractivity contribution in [1.82, 2.24) is 10.2 Å². The van der Waals surface area contributed by atoms with E-state index in [0.29, 0.717) is 0 Å². The van der Waals surface area contributed by atoms with E-state index in [0.717, 1.165) is 23.9 Å². The number of rotatable bonds is 9. The Morgan fingerprint density at radius 2 is 1.85 bits per heavy atom. The second-order valence-electron chi connectivity index (χ2n) is 7.51. The second-order valence-corrected chi connectivity index (χ2v) is 7.51. The van der Waals surface area contributed by atoms with Crippen LogP contribution in [0, 0.1) is 11.8 Å². The van der Waals surface area contributed by atoms with Crippen molar-refractivity contribution < 1.29 is 0 Å². The van der Waals surface area contributed by atoms with Crippen LogP contribution in [0.3, 0.4) is 0 Å². The van der Waals surface area contributed by atoms with Crippen LogP contribution in [-0.4, -0.2) is 36.6 Å². The molecule has 2 aliphatic rings. The Morgan fingerprint density at radius 1 is 1.10 bits per heavy atom. The monoisotopic (exact) mass is 280 g/mol. The zero-order chi connectivity index (χ0) is 14.4. The van der Waals surface area contributed by atoms with Crippen LogP contribution in [0.5, 0.6) is 0 Å². The maximum Gasteiger partial charge on any atom is 0.0107 e. The summed E-state index contributed by atoms with van der Waals surface area (Å²) >= 11 is 0. The van der Waals surface area contributed by atoms with Crippen LogP contribution < -0.4 is 5.32 Å². The van der Waals surface area contributed by atoms with Gasteiger partial charge in [-0.1, -0.05) is 33.6 Å². The van der Waals surface area contributed by atoms with Crippen LogP contribution in [0.2, 0.25) is 0 Å². The number of nitrogens with one attached hydrogen (secondary N) is 1. The minimum Gasteiger partial charge on any atom is -0.314 e. The van der Waals surface area contributed by atoms with Gasteiger partial charge in [-0.15, -0.1) is 0 Å². The molecule has 0 aromatic heterocycles. The van der Waals surface area contributed by atoms with Crippen LogP contribution in [0.15, 0.2) is 0 Å². The molecular weight excluding hydrogens is 244 g/mol. The molecule has 2 atom stereocenters. The summed E-state index contributed by atoms with van der Waals surface area (Å²) in [4.78, 5) is 2.83. The molecule has 0 aromatic carbocycles. The highest BCUT2D eigenvalue weighted by atomic mass is 15.2. The molecule has 2 fully saturated rings. The van der Waals surface area contributed by atoms with Crippen molar-refractivity contribution in [1.29, 1.82) is 0 Å². The third-order valence-electron chi connectivity index (χ3n) is 5.09. The smallest absolute Gasteiger partial charge is 0.0107 e. The quantitative estimate of drug-likeness (QED) is 0.685. The minimum absolute atomic E-state index is 0.795. The molecule has 0 saturated heterocycles. The largest absolute Gasteiger partial charge is 0.314 e. The molecule has 1 N–H and O–H groups in total. The van der Waals surface area contributed by atoms with Crippen molar-refractivity contribution in [3.05, 3.63) is 0 Å². The molecule has 2 rings (SSSR count). The zero-order valence-corrected chi connectivity index (χ0v) is 14.0. The standard InChI is InChI=1S/C18H36N2/c1-4-12-19-18-8-6-5-7-16(18)14-20(17-9-10-17)13-11-15(2)3/h15-19H,4-14H2,1-3H3. The van der Waals surface area contributed by atoms with E-state index < -0.39 is 0 Å². The highest BCUT2D eigenvalue weighted by Crippen LogP contribution is 2.32. The fourth-order valence-electron chi connectivity index (χ4n) is 3.61. The molecule has 2 aliphatic carbocycles. The molecule has 0 bridgehead atoms. The fourth-order valence-corrected chi connectivity index (χ4v) is 3.61. The van der Waals surface area contributed by atoms with Crippen molar-refractivity contribution in [2.75, 3.05) is 19.6 Å². The average molecular weight is 281 g/mol. The van der Waals surface area contributed by atoms with Gasteiger partial charge in [-0.05, 0) is 63.5 Å². The van der Waals surface area contributed by atoms with Crippen LogP contribution >= 0.6 is 0 Å². The average Bonchev–Trinajstić information content (AvgIpc) is 3.26. The Hall–Kier alpha value is -0.0800. The van der Waals surface area contributed by atoms with Gasteiger partial charge in [-0.3, -0.25) is 0 Å². The predicted octanol–water partition coefficient (Wildman–Crippen LogP) is 4.06. The Kier molecular flexibility index (Phi) is 6.83. The molecule has 0 aliphatic heterocycles. The summed E-state index contributed by atoms with van der Waals surface area (Å²) in [5, 5.41) is 3.82. The molecule has 118 valence electrons. The Labute approximate surface area is 126 Å². The van der Waals surface area contributed by atoms with Crippen LogP contribution in [-0.2, 0) is 0 Å². The van der Waals surface area contributed by atoms with Crippen molar-refractivity contribution in [2.45, 2.75) is 84.2 Å². The molecule has 0 aromatic rings. The normalized spacial score (nSPS) is 27.4. The first kappa shape index (κ1) is 16.3. The van der Waals surface area contributed by atoms with Gasteiger partial charge in [0.15, 0.2) is 0 Å². The lowest BCUT2D eigenvalue weighted by Crippen LogP contribution is -2.45. The van der Waals surface area contributed by atoms with E-state index >= 15 is 0 Å². The SMILES string of the molecule is CCCNC1CCCCC1CN(CCC(C)C)C1CC1. The molecule has 2 nitrogen and oxygen atoms in total. The lowest BCUT2D eigenvalue weighted by Gasteiger charge is -2.36. The highest BCUT2D eigenvalue weighted by molar-refractivity contribution is 4.89. The summed E-state index contributed by atoms with van der Waals surface area (Å²) in [5.74, 6) is 1.75. The van der Waals surface area contributed by atoms with E-state index in [4.69, 9.17) is 0 Å². The van der Waals surface area contributed by atoms with Crippen LogP contribution in [0.4, 0.5) is 0 Å². The molecule has 20 heavy (non-hydrogen) atoms. The van der Waals surface area contributed by atoms with E-state index in [2.05, 4.69) is 31.0 Å². The van der Waals surface area contributed by atoms with E-state index in [1.165, 1.54) is 71.0 Å². The molecular formula is C18H36N2. The first-order valence-corrected chi connectivity index (χ1v) is 9.18. The summed E-state index contributed by atoms with van der Waals surface area (Å²) in [7, 11) is 0. The van der Waals surface area contributed by atoms with Gasteiger partial charge in [0.25, 0.3) is 0 Å². The van der Waals surface area contributed by atoms with Gasteiger partial charge in [0.05, 0.1) is 0 Å². The lowest BCUT2D eigenvalue weighted by molar-refractivity contribution is 0.156. The molecule has 0 amide bonds. The topological polar surface area (TPSA) is 15.3 Å². The Morgan fingerprint density at radius 3 is 2.50 bits per heavy atom. The van der Waals surface area contributed by atoms with Crippen LogP contribution in [0.25, 0.3) is 0 Å². The van der Waals surface area contributed by atoms with E-state index in [-0.39, 0.29) is 0 Å². The molecule has 2 heteroatoms. The summed E-state index contributed by atoms with van der Waals surface area (Å²) in [5.41, 5.74) is 0. The van der Waals surface area contributed by atoms with Gasteiger partial charge < -0.3 is 10.2 Å². The molecule has 0 radical (unpaired) electrons. The third kappa shape index (κ3) is 5.37. The third-order valence-corrected chi connectivity index (χ3v) is 5.09. The van der Waals surface area contributed by atoms with Crippen molar-refractivity contribution in [2.24, 2.45) is 11.8 Å². The molecule has 2 saturated carbocycles. The minimum atomic E-state index is 0.795. The van der Waals surface area contributed by atoms with Gasteiger partial charge in [0.1, 0.15) is 0 Å². The van der Waals surface area contributed by atoms with Gasteiger partial charge >= 0.3 is 0 Å². The summed E-state index contributed by atoms with van der Waals surface area (Å²) in [6.07, 6.45) is 11.3. The van der Waals surface area contributed by atoms with Crippen molar-refractivity contribution in [3.8, 4) is 0 Å². The Bertz CT molecular complexity index is 260. The maximum absolute atomic E-state index is 3.82. The van der Waals surface area contributed by atoms with Gasteiger partial charge in [-0.25, -0.2) is 0 Å². The first-order chi connectivity index (χ1) is 9.70. The van der Waals surface area contributed by atoms with Gasteiger partial charge in [-0.2, -0.15) is 0 Å². The number of nitrogens with zero attached hydrogens (tertiary/aromatic N) is 1. The van der Waals surface area contributed by atoms with E-state index in [9.17, 15) is 0 Å². The summed E-state index contributed by atoms with van der Waals surface area (Å²) in [6.45, 7) is 10.9. The Balaban J connectivity index is 1.82. The predicted molar refractivity (Wildman–Crippen MR) is 88.1 cm³/mol. The highest BCUT2D eigenvalue weighted by Gasteiger charge is 2.33. The van der Waals surface area contributed by atoms with Crippen molar-refractivity contribution in [3.63, 3.8) is 0 Å². The summed E-state index contributed by atoms with van der Waals surface area (Å²) < 4.78 is 0. The van der Waals surface area contributed by atoms with Crippen LogP contribution in [0.1, 0.15) is 72.1 Å². The van der Waals surface area contributed by atoms with E-state index in [1.807, 2.05) is 0 Å². The molecule has 2 unspecified atom stereocenters. The molecule has 0 spiro atoms. The fraction of sp³-hybridized carbons (Fsp3) is 1.00. The molecule has 0 heterocycles. The van der Waals surface area contributed by atoms with Gasteiger partial charge in [0, 0.05) is 18.6 Å². The summed E-state index contributed by atoms with van der Waals surface area (Å²) in [6, 6.07) is 1.73. The second kappa shape index (κ2) is 8.38.